The summed E-state index contributed by atoms with van der Waals surface area (Å²) in [5.41, 5.74) is 2.87. The van der Waals surface area contributed by atoms with Crippen molar-refractivity contribution in [3.05, 3.63) is 83.2 Å². The quantitative estimate of drug-likeness (QED) is 0.396. The van der Waals surface area contributed by atoms with E-state index in [1.54, 1.807) is 37.3 Å². The molecule has 1 atom stereocenters. The number of amides is 2. The van der Waals surface area contributed by atoms with Crippen LogP contribution in [0.4, 0.5) is 10.5 Å². The van der Waals surface area contributed by atoms with Gasteiger partial charge in [0.25, 0.3) is 5.89 Å². The van der Waals surface area contributed by atoms with E-state index in [0.29, 0.717) is 40.2 Å². The van der Waals surface area contributed by atoms with E-state index in [1.807, 2.05) is 54.8 Å². The molecule has 172 valence electrons. The second-order valence-electron chi connectivity index (χ2n) is 7.60. The Morgan fingerprint density at radius 2 is 1.76 bits per heavy atom. The summed E-state index contributed by atoms with van der Waals surface area (Å²) in [7, 11) is 3.14. The number of hydrogen-bond acceptors (Lipinski definition) is 7. The number of aromatic nitrogens is 2. The van der Waals surface area contributed by atoms with E-state index in [0.717, 1.165) is 10.4 Å². The molecule has 5 rings (SSSR count). The van der Waals surface area contributed by atoms with Crippen molar-refractivity contribution in [3.8, 4) is 22.2 Å². The van der Waals surface area contributed by atoms with E-state index in [-0.39, 0.29) is 6.03 Å². The predicted molar refractivity (Wildman–Crippen MR) is 130 cm³/mol. The van der Waals surface area contributed by atoms with Crippen molar-refractivity contribution < 1.29 is 18.8 Å². The molecule has 0 saturated carbocycles. The van der Waals surface area contributed by atoms with Crippen LogP contribution in [0.25, 0.3) is 16.3 Å². The number of urea groups is 1. The lowest BCUT2D eigenvalue weighted by Gasteiger charge is -2.35. The summed E-state index contributed by atoms with van der Waals surface area (Å²) in [4.78, 5) is 20.5. The molecule has 34 heavy (non-hydrogen) atoms. The number of methoxy groups -OCH3 is 2. The van der Waals surface area contributed by atoms with Gasteiger partial charge in [-0.05, 0) is 23.9 Å². The second-order valence-corrected chi connectivity index (χ2v) is 8.55. The topological polar surface area (TPSA) is 89.7 Å². The average Bonchev–Trinajstić information content (AvgIpc) is 3.56. The number of ether oxygens (including phenoxy) is 2. The summed E-state index contributed by atoms with van der Waals surface area (Å²) in [6.07, 6.45) is 0. The molecule has 0 fully saturated rings. The van der Waals surface area contributed by atoms with Gasteiger partial charge in [-0.15, -0.1) is 11.3 Å². The van der Waals surface area contributed by atoms with Crippen LogP contribution in [0, 0.1) is 0 Å². The van der Waals surface area contributed by atoms with Gasteiger partial charge in [-0.3, -0.25) is 4.90 Å². The molecule has 1 aliphatic heterocycles. The highest BCUT2D eigenvalue weighted by Crippen LogP contribution is 2.40. The van der Waals surface area contributed by atoms with Gasteiger partial charge in [0.2, 0.25) is 5.82 Å². The minimum Gasteiger partial charge on any atom is -0.497 e. The zero-order valence-electron chi connectivity index (χ0n) is 18.8. The van der Waals surface area contributed by atoms with Gasteiger partial charge in [-0.25, -0.2) is 4.79 Å². The number of carbonyl (C=O) groups excluding carboxylic acids is 1. The zero-order chi connectivity index (χ0) is 23.7. The molecule has 2 amide bonds. The average molecular weight is 475 g/mol. The van der Waals surface area contributed by atoms with Crippen LogP contribution in [0.5, 0.6) is 11.5 Å². The summed E-state index contributed by atoms with van der Waals surface area (Å²) < 4.78 is 16.5. The number of carbonyl (C=O) groups is 1. The summed E-state index contributed by atoms with van der Waals surface area (Å²) in [5, 5.41) is 9.25. The number of thiophene rings is 1. The molecule has 2 aromatic carbocycles. The Morgan fingerprint density at radius 1 is 1.03 bits per heavy atom. The van der Waals surface area contributed by atoms with Gasteiger partial charge in [0.1, 0.15) is 11.5 Å². The molecular formula is C25H22N4O4S. The number of nitrogens with zero attached hydrogens (tertiary/aromatic N) is 3. The smallest absolute Gasteiger partial charge is 0.327 e. The Hall–Kier alpha value is -4.11. The third-order valence-corrected chi connectivity index (χ3v) is 6.48. The lowest BCUT2D eigenvalue weighted by Crippen LogP contribution is -2.46. The number of hydrogen-bond donors (Lipinski definition) is 1. The molecule has 1 N–H and O–H groups in total. The van der Waals surface area contributed by atoms with Crippen LogP contribution in [0.15, 0.2) is 76.3 Å². The van der Waals surface area contributed by atoms with Gasteiger partial charge in [0.05, 0.1) is 36.4 Å². The zero-order valence-corrected chi connectivity index (χ0v) is 19.6. The first-order chi connectivity index (χ1) is 16.6. The normalized spacial score (nSPS) is 15.9. The fourth-order valence-corrected chi connectivity index (χ4v) is 4.64. The SMILES string of the molecule is COc1cc(OC)cc(N2C(=O)NC(c3ccccc3)C(c3nc(-c4cccs4)no3)=C2C)c1. The Kier molecular flexibility index (Phi) is 5.77. The van der Waals surface area contributed by atoms with Gasteiger partial charge >= 0.3 is 6.03 Å². The van der Waals surface area contributed by atoms with Crippen molar-refractivity contribution in [1.82, 2.24) is 15.5 Å². The molecule has 0 spiro atoms. The van der Waals surface area contributed by atoms with Crippen LogP contribution >= 0.6 is 11.3 Å². The number of allylic oxidation sites excluding steroid dienone is 1. The van der Waals surface area contributed by atoms with Crippen LogP contribution in [0.1, 0.15) is 24.4 Å². The number of nitrogens with one attached hydrogen (secondary N) is 1. The van der Waals surface area contributed by atoms with Crippen LogP contribution < -0.4 is 19.7 Å². The monoisotopic (exact) mass is 474 g/mol. The minimum atomic E-state index is -0.464. The first kappa shape index (κ1) is 21.7. The lowest BCUT2D eigenvalue weighted by atomic mass is 9.94. The van der Waals surface area contributed by atoms with Crippen LogP contribution in [0.3, 0.4) is 0 Å². The molecule has 1 unspecified atom stereocenters. The maximum absolute atomic E-state index is 13.4. The van der Waals surface area contributed by atoms with E-state index in [4.69, 9.17) is 14.0 Å². The highest BCUT2D eigenvalue weighted by molar-refractivity contribution is 7.13. The number of rotatable bonds is 6. The van der Waals surface area contributed by atoms with Crippen LogP contribution in [-0.2, 0) is 0 Å². The van der Waals surface area contributed by atoms with Gasteiger partial charge < -0.3 is 19.3 Å². The van der Waals surface area contributed by atoms with E-state index >= 15 is 0 Å². The van der Waals surface area contributed by atoms with Crippen molar-refractivity contribution >= 4 is 28.6 Å². The fraction of sp³-hybridized carbons (Fsp3) is 0.160. The summed E-state index contributed by atoms with van der Waals surface area (Å²) in [5.74, 6) is 1.98. The summed E-state index contributed by atoms with van der Waals surface area (Å²) in [6.45, 7) is 1.87. The molecule has 9 heteroatoms. The van der Waals surface area contributed by atoms with Crippen molar-refractivity contribution in [2.24, 2.45) is 0 Å². The molecule has 0 saturated heterocycles. The largest absolute Gasteiger partial charge is 0.497 e. The Bertz CT molecular complexity index is 1330. The summed E-state index contributed by atoms with van der Waals surface area (Å²) >= 11 is 1.53. The van der Waals surface area contributed by atoms with Gasteiger partial charge in [-0.1, -0.05) is 41.6 Å². The molecule has 3 heterocycles. The van der Waals surface area contributed by atoms with Gasteiger partial charge in [-0.2, -0.15) is 4.98 Å². The molecule has 0 radical (unpaired) electrons. The molecule has 0 aliphatic carbocycles. The molecule has 4 aromatic rings. The van der Waals surface area contributed by atoms with E-state index in [1.165, 1.54) is 11.3 Å². The first-order valence-electron chi connectivity index (χ1n) is 10.6. The van der Waals surface area contributed by atoms with Crippen LogP contribution in [-0.4, -0.2) is 30.4 Å². The summed E-state index contributed by atoms with van der Waals surface area (Å²) in [6, 6.07) is 18.1. The van der Waals surface area contributed by atoms with Gasteiger partial charge in [0.15, 0.2) is 0 Å². The number of anilines is 1. The minimum absolute atomic E-state index is 0.289. The predicted octanol–water partition coefficient (Wildman–Crippen LogP) is 5.52. The van der Waals surface area contributed by atoms with Crippen molar-refractivity contribution in [2.75, 3.05) is 19.1 Å². The van der Waals surface area contributed by atoms with Crippen molar-refractivity contribution in [3.63, 3.8) is 0 Å². The van der Waals surface area contributed by atoms with Crippen molar-refractivity contribution in [2.45, 2.75) is 13.0 Å². The lowest BCUT2D eigenvalue weighted by molar-refractivity contribution is 0.244. The van der Waals surface area contributed by atoms with E-state index in [9.17, 15) is 4.79 Å². The van der Waals surface area contributed by atoms with Gasteiger partial charge in [0, 0.05) is 23.9 Å². The second kappa shape index (κ2) is 9.03. The van der Waals surface area contributed by atoms with Crippen molar-refractivity contribution in [1.29, 1.82) is 0 Å². The highest BCUT2D eigenvalue weighted by atomic mass is 32.1. The third kappa shape index (κ3) is 3.90. The fourth-order valence-electron chi connectivity index (χ4n) is 3.99. The number of benzene rings is 2. The molecule has 1 aliphatic rings. The molecule has 2 aromatic heterocycles. The Labute approximate surface area is 200 Å². The standard InChI is InChI=1S/C25H22N4O4S/c1-15-21(24-27-23(28-33-24)20-10-7-11-34-20)22(16-8-5-4-6-9-16)26-25(30)29(15)17-12-18(31-2)14-19(13-17)32-3/h4-14,22H,1-3H3,(H,26,30). The van der Waals surface area contributed by atoms with E-state index in [2.05, 4.69) is 15.5 Å². The third-order valence-electron chi connectivity index (χ3n) is 5.61. The maximum Gasteiger partial charge on any atom is 0.327 e. The van der Waals surface area contributed by atoms with E-state index < -0.39 is 6.04 Å². The first-order valence-corrected chi connectivity index (χ1v) is 11.4. The Morgan fingerprint density at radius 3 is 2.41 bits per heavy atom. The Balaban J connectivity index is 1.67. The molecule has 8 nitrogen and oxygen atoms in total. The maximum atomic E-state index is 13.4. The molecule has 0 bridgehead atoms. The highest BCUT2D eigenvalue weighted by Gasteiger charge is 2.36. The van der Waals surface area contributed by atoms with Crippen LogP contribution in [0.2, 0.25) is 0 Å². The molecular weight excluding hydrogens is 452 g/mol.